The first-order chi connectivity index (χ1) is 16.2. The first-order valence-corrected chi connectivity index (χ1v) is 12.4. The van der Waals surface area contributed by atoms with Gasteiger partial charge in [0, 0.05) is 42.5 Å². The Kier molecular flexibility index (Phi) is 6.40. The Morgan fingerprint density at radius 2 is 1.82 bits per heavy atom. The summed E-state index contributed by atoms with van der Waals surface area (Å²) in [6, 6.07) is 10.8. The minimum atomic E-state index is 0.629. The van der Waals surface area contributed by atoms with Gasteiger partial charge in [0.1, 0.15) is 0 Å². The van der Waals surface area contributed by atoms with Crippen LogP contribution in [0, 0.1) is 11.8 Å². The molecule has 2 heterocycles. The summed E-state index contributed by atoms with van der Waals surface area (Å²) >= 11 is 0. The van der Waals surface area contributed by atoms with E-state index in [9.17, 15) is 0 Å². The van der Waals surface area contributed by atoms with E-state index in [0.29, 0.717) is 5.92 Å². The minimum Gasteiger partial charge on any atom is -0.372 e. The standard InChI is InChI=1S/C31H34N2/c1-3-10-25-13-9-14-28(21-25)24(2)32-19-17-27(18-20-32)30-23-33(22-26-11-5-4-6-12-26)31-16-8-7-15-29(30)31/h4-6,11-13,15-16,21,23,27H,2,7-9,14,17-20,22H2,1H3. The third-order valence-corrected chi connectivity index (χ3v) is 7.30. The van der Waals surface area contributed by atoms with Crippen molar-refractivity contribution in [2.45, 2.75) is 57.9 Å². The van der Waals surface area contributed by atoms with Gasteiger partial charge in [0.25, 0.3) is 0 Å². The Labute approximate surface area is 198 Å². The molecule has 0 saturated carbocycles. The number of hydrogen-bond donors (Lipinski definition) is 0. The first kappa shape index (κ1) is 21.7. The van der Waals surface area contributed by atoms with Crippen LogP contribution in [0.25, 0.3) is 12.2 Å². The van der Waals surface area contributed by atoms with E-state index in [1.165, 1.54) is 40.2 Å². The Balaban J connectivity index is 1.32. The molecule has 2 aliphatic carbocycles. The van der Waals surface area contributed by atoms with Crippen molar-refractivity contribution in [2.75, 3.05) is 13.1 Å². The average molecular weight is 435 g/mol. The van der Waals surface area contributed by atoms with Crippen LogP contribution in [0.4, 0.5) is 0 Å². The molecule has 33 heavy (non-hydrogen) atoms. The Morgan fingerprint density at radius 3 is 2.61 bits per heavy atom. The lowest BCUT2D eigenvalue weighted by atomic mass is 9.88. The number of allylic oxidation sites excluding steroid dienone is 4. The van der Waals surface area contributed by atoms with E-state index >= 15 is 0 Å². The Hall–Kier alpha value is -3.18. The van der Waals surface area contributed by atoms with Crippen LogP contribution in [0.1, 0.15) is 62.5 Å². The lowest BCUT2D eigenvalue weighted by molar-refractivity contribution is 0.266. The number of likely N-dealkylation sites (tertiary alicyclic amines) is 1. The van der Waals surface area contributed by atoms with Crippen molar-refractivity contribution in [3.63, 3.8) is 0 Å². The van der Waals surface area contributed by atoms with Gasteiger partial charge in [0.2, 0.25) is 0 Å². The second kappa shape index (κ2) is 9.75. The summed E-state index contributed by atoms with van der Waals surface area (Å²) in [4.78, 5) is 2.51. The Morgan fingerprint density at radius 1 is 1.03 bits per heavy atom. The molecular formula is C31H34N2. The fourth-order valence-corrected chi connectivity index (χ4v) is 5.57. The highest BCUT2D eigenvalue weighted by Crippen LogP contribution is 2.31. The average Bonchev–Trinajstić information content (AvgIpc) is 3.23. The molecule has 3 aliphatic rings. The van der Waals surface area contributed by atoms with Gasteiger partial charge in [-0.05, 0) is 79.4 Å². The minimum absolute atomic E-state index is 0.629. The summed E-state index contributed by atoms with van der Waals surface area (Å²) in [5.74, 6) is 6.87. The molecule has 2 aromatic rings. The van der Waals surface area contributed by atoms with E-state index in [1.54, 1.807) is 5.56 Å². The maximum absolute atomic E-state index is 4.48. The quantitative estimate of drug-likeness (QED) is 0.583. The number of hydrogen-bond acceptors (Lipinski definition) is 1. The van der Waals surface area contributed by atoms with Gasteiger partial charge in [-0.15, -0.1) is 5.92 Å². The highest BCUT2D eigenvalue weighted by Gasteiger charge is 2.25. The summed E-state index contributed by atoms with van der Waals surface area (Å²) in [6.07, 6.45) is 18.7. The zero-order valence-electron chi connectivity index (χ0n) is 19.8. The molecule has 2 nitrogen and oxygen atoms in total. The molecule has 0 bridgehead atoms. The molecule has 0 radical (unpaired) electrons. The fourth-order valence-electron chi connectivity index (χ4n) is 5.57. The van der Waals surface area contributed by atoms with Crippen molar-refractivity contribution < 1.29 is 0 Å². The highest BCUT2D eigenvalue weighted by molar-refractivity contribution is 5.47. The van der Waals surface area contributed by atoms with E-state index in [1.807, 2.05) is 6.92 Å². The SMILES string of the molecule is C=C(C1=CC(C#CC)=CCC1)N1CCC(c2cn(Cc3ccccc3)c3c2=CCCC=3)CC1. The van der Waals surface area contributed by atoms with Gasteiger partial charge in [-0.3, -0.25) is 0 Å². The number of nitrogens with zero attached hydrogens (tertiary/aromatic N) is 2. The topological polar surface area (TPSA) is 8.17 Å². The van der Waals surface area contributed by atoms with Crippen LogP contribution < -0.4 is 10.6 Å². The van der Waals surface area contributed by atoms with Gasteiger partial charge in [0.15, 0.2) is 0 Å². The molecule has 1 saturated heterocycles. The maximum Gasteiger partial charge on any atom is 0.0476 e. The molecule has 168 valence electrons. The third kappa shape index (κ3) is 4.64. The molecule has 1 fully saturated rings. The van der Waals surface area contributed by atoms with Crippen molar-refractivity contribution in [3.8, 4) is 11.8 Å². The van der Waals surface area contributed by atoms with Crippen molar-refractivity contribution in [1.29, 1.82) is 0 Å². The molecule has 1 aromatic carbocycles. The van der Waals surface area contributed by atoms with Gasteiger partial charge < -0.3 is 9.47 Å². The van der Waals surface area contributed by atoms with Crippen LogP contribution in [0.3, 0.4) is 0 Å². The van der Waals surface area contributed by atoms with Crippen LogP contribution in [0.15, 0.2) is 72.1 Å². The molecule has 0 spiro atoms. The maximum atomic E-state index is 4.48. The predicted octanol–water partition coefficient (Wildman–Crippen LogP) is 5.25. The zero-order chi connectivity index (χ0) is 22.6. The van der Waals surface area contributed by atoms with Crippen LogP contribution >= 0.6 is 0 Å². The summed E-state index contributed by atoms with van der Waals surface area (Å²) in [5.41, 5.74) is 6.65. The molecule has 0 amide bonds. The lowest BCUT2D eigenvalue weighted by Crippen LogP contribution is -2.36. The first-order valence-electron chi connectivity index (χ1n) is 12.4. The number of rotatable bonds is 5. The van der Waals surface area contributed by atoms with Crippen molar-refractivity contribution in [1.82, 2.24) is 9.47 Å². The monoisotopic (exact) mass is 434 g/mol. The predicted molar refractivity (Wildman–Crippen MR) is 139 cm³/mol. The van der Waals surface area contributed by atoms with Gasteiger partial charge in [-0.1, -0.05) is 61.1 Å². The fraction of sp³-hybridized carbons (Fsp3) is 0.355. The summed E-state index contributed by atoms with van der Waals surface area (Å²) in [7, 11) is 0. The van der Waals surface area contributed by atoms with Gasteiger partial charge in [-0.2, -0.15) is 0 Å². The third-order valence-electron chi connectivity index (χ3n) is 7.30. The smallest absolute Gasteiger partial charge is 0.0476 e. The number of aromatic nitrogens is 1. The molecule has 1 aromatic heterocycles. The van der Waals surface area contributed by atoms with Gasteiger partial charge >= 0.3 is 0 Å². The molecule has 0 atom stereocenters. The van der Waals surface area contributed by atoms with Gasteiger partial charge in [-0.25, -0.2) is 0 Å². The van der Waals surface area contributed by atoms with Crippen molar-refractivity contribution in [3.05, 3.63) is 93.8 Å². The van der Waals surface area contributed by atoms with Gasteiger partial charge in [0.05, 0.1) is 0 Å². The largest absolute Gasteiger partial charge is 0.372 e. The Bertz CT molecular complexity index is 1270. The zero-order valence-corrected chi connectivity index (χ0v) is 19.8. The second-order valence-electron chi connectivity index (χ2n) is 9.43. The van der Waals surface area contributed by atoms with E-state index < -0.39 is 0 Å². The molecule has 2 heteroatoms. The molecule has 0 N–H and O–H groups in total. The lowest BCUT2D eigenvalue weighted by Gasteiger charge is -2.36. The van der Waals surface area contributed by atoms with E-state index in [0.717, 1.165) is 50.9 Å². The van der Waals surface area contributed by atoms with Crippen LogP contribution in [-0.2, 0) is 6.54 Å². The number of benzene rings is 1. The second-order valence-corrected chi connectivity index (χ2v) is 9.43. The van der Waals surface area contributed by atoms with E-state index in [4.69, 9.17) is 0 Å². The summed E-state index contributed by atoms with van der Waals surface area (Å²) < 4.78 is 2.48. The van der Waals surface area contributed by atoms with Crippen molar-refractivity contribution >= 4 is 12.2 Å². The summed E-state index contributed by atoms with van der Waals surface area (Å²) in [5, 5.41) is 2.92. The van der Waals surface area contributed by atoms with Crippen LogP contribution in [0.2, 0.25) is 0 Å². The van der Waals surface area contributed by atoms with Crippen molar-refractivity contribution in [2.24, 2.45) is 0 Å². The molecule has 5 rings (SSSR count). The van der Waals surface area contributed by atoms with Crippen LogP contribution in [0.5, 0.6) is 0 Å². The van der Waals surface area contributed by atoms with E-state index in [-0.39, 0.29) is 0 Å². The number of piperidine rings is 1. The molecular weight excluding hydrogens is 400 g/mol. The normalized spacial score (nSPS) is 18.2. The van der Waals surface area contributed by atoms with E-state index in [2.05, 4.69) is 88.7 Å². The summed E-state index contributed by atoms with van der Waals surface area (Å²) in [6.45, 7) is 9.51. The van der Waals surface area contributed by atoms with Crippen LogP contribution in [-0.4, -0.2) is 22.6 Å². The molecule has 1 aliphatic heterocycles. The molecule has 0 unspecified atom stereocenters. The highest BCUT2D eigenvalue weighted by atomic mass is 15.1. The number of fused-ring (bicyclic) bond motifs is 1.